The number of aromatic nitrogens is 1. The molecule has 0 bridgehead atoms. The van der Waals surface area contributed by atoms with Gasteiger partial charge in [0.25, 0.3) is 5.91 Å². The molecule has 2 aromatic carbocycles. The SMILES string of the molecule is O=C(Cn1ccc2ccccc21)N/N=C\c1cccc(F)c1. The maximum atomic E-state index is 13.0. The third-order valence-corrected chi connectivity index (χ3v) is 3.25. The number of halogens is 1. The Kier molecular flexibility index (Phi) is 3.96. The molecule has 1 heterocycles. The lowest BCUT2D eigenvalue weighted by atomic mass is 10.2. The van der Waals surface area contributed by atoms with Crippen LogP contribution in [0.2, 0.25) is 0 Å². The summed E-state index contributed by atoms with van der Waals surface area (Å²) in [6, 6.07) is 15.8. The van der Waals surface area contributed by atoms with Crippen LogP contribution < -0.4 is 5.43 Å². The highest BCUT2D eigenvalue weighted by Crippen LogP contribution is 2.14. The fourth-order valence-electron chi connectivity index (χ4n) is 2.23. The van der Waals surface area contributed by atoms with Gasteiger partial charge >= 0.3 is 0 Å². The molecular formula is C17H14FN3O. The summed E-state index contributed by atoms with van der Waals surface area (Å²) < 4.78 is 14.9. The maximum Gasteiger partial charge on any atom is 0.259 e. The molecule has 3 rings (SSSR count). The minimum atomic E-state index is -0.339. The van der Waals surface area contributed by atoms with Gasteiger partial charge in [-0.3, -0.25) is 4.79 Å². The third kappa shape index (κ3) is 3.20. The van der Waals surface area contributed by atoms with Crippen LogP contribution in [0.4, 0.5) is 4.39 Å². The molecule has 0 unspecified atom stereocenters. The number of fused-ring (bicyclic) bond motifs is 1. The molecule has 3 aromatic rings. The van der Waals surface area contributed by atoms with Gasteiger partial charge in [0.05, 0.1) is 6.21 Å². The highest BCUT2D eigenvalue weighted by molar-refractivity contribution is 5.84. The number of nitrogens with one attached hydrogen (secondary N) is 1. The van der Waals surface area contributed by atoms with Crippen LogP contribution in [0.15, 0.2) is 65.9 Å². The zero-order valence-corrected chi connectivity index (χ0v) is 11.7. The van der Waals surface area contributed by atoms with Crippen molar-refractivity contribution in [2.24, 2.45) is 5.10 Å². The van der Waals surface area contributed by atoms with Crippen molar-refractivity contribution in [3.8, 4) is 0 Å². The van der Waals surface area contributed by atoms with Gasteiger partial charge in [0.15, 0.2) is 0 Å². The zero-order chi connectivity index (χ0) is 15.4. The Hall–Kier alpha value is -2.95. The number of nitrogens with zero attached hydrogens (tertiary/aromatic N) is 2. The largest absolute Gasteiger partial charge is 0.338 e. The first-order valence-corrected chi connectivity index (χ1v) is 6.84. The number of hydrogen-bond donors (Lipinski definition) is 1. The van der Waals surface area contributed by atoms with Gasteiger partial charge in [-0.1, -0.05) is 30.3 Å². The van der Waals surface area contributed by atoms with E-state index in [0.717, 1.165) is 10.9 Å². The van der Waals surface area contributed by atoms with E-state index >= 15 is 0 Å². The van der Waals surface area contributed by atoms with Gasteiger partial charge in [0.2, 0.25) is 0 Å². The summed E-state index contributed by atoms with van der Waals surface area (Å²) >= 11 is 0. The van der Waals surface area contributed by atoms with E-state index in [1.807, 2.05) is 41.1 Å². The van der Waals surface area contributed by atoms with Crippen molar-refractivity contribution in [2.45, 2.75) is 6.54 Å². The first kappa shape index (κ1) is 14.0. The van der Waals surface area contributed by atoms with Crippen LogP contribution >= 0.6 is 0 Å². The molecule has 4 nitrogen and oxygen atoms in total. The number of hydrogen-bond acceptors (Lipinski definition) is 2. The Morgan fingerprint density at radius 3 is 2.91 bits per heavy atom. The molecule has 0 aliphatic rings. The number of benzene rings is 2. The molecule has 0 saturated heterocycles. The standard InChI is InChI=1S/C17H14FN3O/c18-15-6-3-4-13(10-15)11-19-20-17(22)12-21-9-8-14-5-1-2-7-16(14)21/h1-11H,12H2,(H,20,22)/b19-11-. The summed E-state index contributed by atoms with van der Waals surface area (Å²) in [6.45, 7) is 0.175. The van der Waals surface area contributed by atoms with Crippen LogP contribution in [-0.2, 0) is 11.3 Å². The molecule has 0 fully saturated rings. The summed E-state index contributed by atoms with van der Waals surface area (Å²) in [4.78, 5) is 11.9. The number of carbonyl (C=O) groups is 1. The molecule has 0 saturated carbocycles. The van der Waals surface area contributed by atoms with Crippen LogP contribution in [0.25, 0.3) is 10.9 Å². The van der Waals surface area contributed by atoms with Crippen LogP contribution in [-0.4, -0.2) is 16.7 Å². The number of para-hydroxylation sites is 1. The number of amides is 1. The van der Waals surface area contributed by atoms with E-state index in [1.165, 1.54) is 18.3 Å². The van der Waals surface area contributed by atoms with Gasteiger partial charge in [-0.2, -0.15) is 5.10 Å². The smallest absolute Gasteiger partial charge is 0.259 e. The van der Waals surface area contributed by atoms with Gasteiger partial charge in [0, 0.05) is 11.7 Å². The number of hydrazone groups is 1. The Labute approximate surface area is 126 Å². The van der Waals surface area contributed by atoms with Gasteiger partial charge in [-0.25, -0.2) is 9.82 Å². The molecule has 1 amide bonds. The van der Waals surface area contributed by atoms with Gasteiger partial charge in [-0.15, -0.1) is 0 Å². The van der Waals surface area contributed by atoms with Gasteiger partial charge < -0.3 is 4.57 Å². The van der Waals surface area contributed by atoms with Crippen molar-refractivity contribution in [1.29, 1.82) is 0 Å². The van der Waals surface area contributed by atoms with Crippen LogP contribution in [0.5, 0.6) is 0 Å². The molecule has 0 aliphatic carbocycles. The molecule has 0 atom stereocenters. The minimum absolute atomic E-state index is 0.175. The second-order valence-electron chi connectivity index (χ2n) is 4.85. The van der Waals surface area contributed by atoms with Crippen molar-refractivity contribution < 1.29 is 9.18 Å². The van der Waals surface area contributed by atoms with Gasteiger partial charge in [-0.05, 0) is 35.2 Å². The predicted molar refractivity (Wildman–Crippen MR) is 84.1 cm³/mol. The third-order valence-electron chi connectivity index (χ3n) is 3.25. The van der Waals surface area contributed by atoms with Crippen LogP contribution in [0, 0.1) is 5.82 Å². The maximum absolute atomic E-state index is 13.0. The van der Waals surface area contributed by atoms with Crippen LogP contribution in [0.3, 0.4) is 0 Å². The van der Waals surface area contributed by atoms with Crippen molar-refractivity contribution in [3.63, 3.8) is 0 Å². The van der Waals surface area contributed by atoms with Crippen LogP contribution in [0.1, 0.15) is 5.56 Å². The molecule has 0 spiro atoms. The monoisotopic (exact) mass is 295 g/mol. The Morgan fingerprint density at radius 1 is 1.18 bits per heavy atom. The quantitative estimate of drug-likeness (QED) is 0.584. The van der Waals surface area contributed by atoms with E-state index in [1.54, 1.807) is 12.1 Å². The summed E-state index contributed by atoms with van der Waals surface area (Å²) in [5, 5.41) is 4.92. The molecule has 22 heavy (non-hydrogen) atoms. The average molecular weight is 295 g/mol. The minimum Gasteiger partial charge on any atom is -0.338 e. The fourth-order valence-corrected chi connectivity index (χ4v) is 2.23. The molecule has 110 valence electrons. The molecule has 0 aliphatic heterocycles. The van der Waals surface area contributed by atoms with Crippen molar-refractivity contribution in [2.75, 3.05) is 0 Å². The summed E-state index contributed by atoms with van der Waals surface area (Å²) in [6.07, 6.45) is 3.27. The van der Waals surface area contributed by atoms with E-state index < -0.39 is 0 Å². The van der Waals surface area contributed by atoms with E-state index in [-0.39, 0.29) is 18.3 Å². The van der Waals surface area contributed by atoms with Crippen molar-refractivity contribution >= 4 is 23.0 Å². The second kappa shape index (κ2) is 6.22. The molecule has 1 aromatic heterocycles. The Bertz CT molecular complexity index is 839. The number of carbonyl (C=O) groups excluding carboxylic acids is 1. The lowest BCUT2D eigenvalue weighted by Gasteiger charge is -2.04. The highest BCUT2D eigenvalue weighted by atomic mass is 19.1. The lowest BCUT2D eigenvalue weighted by Crippen LogP contribution is -2.22. The van der Waals surface area contributed by atoms with Gasteiger partial charge in [0.1, 0.15) is 12.4 Å². The summed E-state index contributed by atoms with van der Waals surface area (Å²) in [7, 11) is 0. The second-order valence-corrected chi connectivity index (χ2v) is 4.85. The number of rotatable bonds is 4. The van der Waals surface area contributed by atoms with E-state index in [0.29, 0.717) is 5.56 Å². The average Bonchev–Trinajstić information content (AvgIpc) is 2.91. The molecule has 0 radical (unpaired) electrons. The first-order valence-electron chi connectivity index (χ1n) is 6.84. The topological polar surface area (TPSA) is 46.4 Å². The highest BCUT2D eigenvalue weighted by Gasteiger charge is 2.04. The van der Waals surface area contributed by atoms with E-state index in [4.69, 9.17) is 0 Å². The molecular weight excluding hydrogens is 281 g/mol. The van der Waals surface area contributed by atoms with Crippen molar-refractivity contribution in [1.82, 2.24) is 9.99 Å². The predicted octanol–water partition coefficient (Wildman–Crippen LogP) is 2.93. The Morgan fingerprint density at radius 2 is 2.05 bits per heavy atom. The summed E-state index contributed by atoms with van der Waals surface area (Å²) in [5.74, 6) is -0.580. The van der Waals surface area contributed by atoms with E-state index in [9.17, 15) is 9.18 Å². The Balaban J connectivity index is 1.63. The molecule has 5 heteroatoms. The molecule has 1 N–H and O–H groups in total. The van der Waals surface area contributed by atoms with E-state index in [2.05, 4.69) is 10.5 Å². The lowest BCUT2D eigenvalue weighted by molar-refractivity contribution is -0.121. The van der Waals surface area contributed by atoms with Crippen molar-refractivity contribution in [3.05, 3.63) is 72.2 Å². The zero-order valence-electron chi connectivity index (χ0n) is 11.7. The normalized spacial score (nSPS) is 11.1. The fraction of sp³-hybridized carbons (Fsp3) is 0.0588. The first-order chi connectivity index (χ1) is 10.7. The summed E-state index contributed by atoms with van der Waals surface area (Å²) in [5.41, 5.74) is 4.02.